The van der Waals surface area contributed by atoms with Crippen LogP contribution in [-0.4, -0.2) is 0 Å². The molecule has 0 fully saturated rings. The minimum absolute atomic E-state index is 0.490. The molecule has 0 aliphatic rings. The van der Waals surface area contributed by atoms with Gasteiger partial charge in [0, 0.05) is 6.54 Å². The molecule has 0 spiro atoms. The summed E-state index contributed by atoms with van der Waals surface area (Å²) in [7, 11) is -3.74. The van der Waals surface area contributed by atoms with Gasteiger partial charge in [-0.25, -0.2) is 4.57 Å². The van der Waals surface area contributed by atoms with Gasteiger partial charge in [-0.05, 0) is 35.4 Å². The second kappa shape index (κ2) is 10.1. The Kier molecular flexibility index (Phi) is 6.83. The molecular weight excluding hydrogens is 405 g/mol. The molecule has 156 valence electrons. The van der Waals surface area contributed by atoms with Crippen LogP contribution in [0.15, 0.2) is 121 Å². The summed E-state index contributed by atoms with van der Waals surface area (Å²) >= 11 is 0. The zero-order chi connectivity index (χ0) is 21.4. The van der Waals surface area contributed by atoms with Crippen LogP contribution in [0.1, 0.15) is 16.9 Å². The van der Waals surface area contributed by atoms with Crippen molar-refractivity contribution < 1.29 is 13.6 Å². The maximum Gasteiger partial charge on any atom is 0.452 e. The SMILES string of the molecule is O=P(Oc1ccccc1)(Oc1ccccc1)C(NCc1ccccc1)c1ccccc1. The summed E-state index contributed by atoms with van der Waals surface area (Å²) in [5.74, 6) is 0.308. The van der Waals surface area contributed by atoms with Gasteiger partial charge in [0.05, 0.1) is 0 Å². The Morgan fingerprint density at radius 1 is 0.613 bits per heavy atom. The van der Waals surface area contributed by atoms with Crippen molar-refractivity contribution in [3.63, 3.8) is 0 Å². The van der Waals surface area contributed by atoms with E-state index in [0.29, 0.717) is 18.0 Å². The second-order valence-corrected chi connectivity index (χ2v) is 8.99. The molecule has 0 heterocycles. The van der Waals surface area contributed by atoms with Crippen molar-refractivity contribution in [2.45, 2.75) is 12.3 Å². The van der Waals surface area contributed by atoms with E-state index in [9.17, 15) is 4.57 Å². The highest BCUT2D eigenvalue weighted by molar-refractivity contribution is 7.55. The van der Waals surface area contributed by atoms with Gasteiger partial charge in [0.1, 0.15) is 11.5 Å². The molecule has 5 heteroatoms. The summed E-state index contributed by atoms with van der Waals surface area (Å²) in [6.45, 7) is 0.515. The summed E-state index contributed by atoms with van der Waals surface area (Å²) in [5.41, 5.74) is 1.91. The number of nitrogens with one attached hydrogen (secondary N) is 1. The summed E-state index contributed by atoms with van der Waals surface area (Å²) in [6.07, 6.45) is 0. The van der Waals surface area contributed by atoms with Crippen molar-refractivity contribution in [1.29, 1.82) is 0 Å². The quantitative estimate of drug-likeness (QED) is 0.296. The highest BCUT2D eigenvalue weighted by Crippen LogP contribution is 2.59. The van der Waals surface area contributed by atoms with Crippen LogP contribution >= 0.6 is 7.60 Å². The Labute approximate surface area is 183 Å². The van der Waals surface area contributed by atoms with Crippen LogP contribution in [-0.2, 0) is 11.1 Å². The van der Waals surface area contributed by atoms with E-state index in [-0.39, 0.29) is 0 Å². The van der Waals surface area contributed by atoms with Gasteiger partial charge >= 0.3 is 7.60 Å². The molecule has 0 aliphatic heterocycles. The predicted octanol–water partition coefficient (Wildman–Crippen LogP) is 6.83. The first-order chi connectivity index (χ1) is 15.2. The van der Waals surface area contributed by atoms with Crippen LogP contribution in [0, 0.1) is 0 Å². The monoisotopic (exact) mass is 429 g/mol. The molecular formula is C26H24NO3P. The molecule has 4 aromatic rings. The Morgan fingerprint density at radius 2 is 1.03 bits per heavy atom. The first-order valence-electron chi connectivity index (χ1n) is 10.1. The molecule has 1 atom stereocenters. The first-order valence-corrected chi connectivity index (χ1v) is 11.8. The number of hydrogen-bond donors (Lipinski definition) is 1. The van der Waals surface area contributed by atoms with Crippen LogP contribution in [0.25, 0.3) is 0 Å². The molecule has 1 N–H and O–H groups in total. The van der Waals surface area contributed by atoms with E-state index in [1.807, 2.05) is 97.1 Å². The molecule has 4 aromatic carbocycles. The third-order valence-corrected chi connectivity index (χ3v) is 6.77. The molecule has 0 bridgehead atoms. The highest BCUT2D eigenvalue weighted by Gasteiger charge is 2.40. The van der Waals surface area contributed by atoms with Crippen LogP contribution in [0.2, 0.25) is 0 Å². The van der Waals surface area contributed by atoms with Gasteiger partial charge < -0.3 is 9.05 Å². The molecule has 4 rings (SSSR count). The minimum atomic E-state index is -3.74. The summed E-state index contributed by atoms with van der Waals surface area (Å²) in [5, 5.41) is 3.42. The van der Waals surface area contributed by atoms with Crippen molar-refractivity contribution >= 4 is 7.60 Å². The minimum Gasteiger partial charge on any atom is -0.415 e. The van der Waals surface area contributed by atoms with Crippen LogP contribution in [0.3, 0.4) is 0 Å². The van der Waals surface area contributed by atoms with E-state index < -0.39 is 13.4 Å². The lowest BCUT2D eigenvalue weighted by Crippen LogP contribution is -2.25. The average molecular weight is 429 g/mol. The van der Waals surface area contributed by atoms with Crippen LogP contribution in [0.4, 0.5) is 0 Å². The first kappa shape index (κ1) is 20.9. The maximum atomic E-state index is 14.4. The van der Waals surface area contributed by atoms with Crippen LogP contribution < -0.4 is 14.4 Å². The number of rotatable bonds is 9. The molecule has 0 aromatic heterocycles. The zero-order valence-corrected chi connectivity index (χ0v) is 17.9. The Morgan fingerprint density at radius 3 is 1.52 bits per heavy atom. The third-order valence-electron chi connectivity index (χ3n) is 4.73. The van der Waals surface area contributed by atoms with Gasteiger partial charge in [0.25, 0.3) is 0 Å². The van der Waals surface area contributed by atoms with Crippen molar-refractivity contribution in [1.82, 2.24) is 5.32 Å². The average Bonchev–Trinajstić information content (AvgIpc) is 2.82. The molecule has 0 aliphatic carbocycles. The van der Waals surface area contributed by atoms with Gasteiger partial charge in [0.2, 0.25) is 0 Å². The van der Waals surface area contributed by atoms with Gasteiger partial charge in [-0.1, -0.05) is 97.1 Å². The second-order valence-electron chi connectivity index (χ2n) is 7.03. The smallest absolute Gasteiger partial charge is 0.415 e. The molecule has 0 saturated heterocycles. The number of hydrogen-bond acceptors (Lipinski definition) is 4. The number of benzene rings is 4. The van der Waals surface area contributed by atoms with E-state index in [0.717, 1.165) is 11.1 Å². The topological polar surface area (TPSA) is 47.6 Å². The van der Waals surface area contributed by atoms with E-state index in [1.54, 1.807) is 24.3 Å². The number of para-hydroxylation sites is 2. The lowest BCUT2D eigenvalue weighted by Gasteiger charge is -2.28. The summed E-state index contributed by atoms with van der Waals surface area (Å²) in [4.78, 5) is 0. The van der Waals surface area contributed by atoms with Gasteiger partial charge in [-0.15, -0.1) is 0 Å². The maximum absolute atomic E-state index is 14.4. The Balaban J connectivity index is 1.71. The van der Waals surface area contributed by atoms with E-state index in [1.165, 1.54) is 0 Å². The predicted molar refractivity (Wildman–Crippen MR) is 124 cm³/mol. The third kappa shape index (κ3) is 5.64. The van der Waals surface area contributed by atoms with E-state index in [4.69, 9.17) is 9.05 Å². The highest BCUT2D eigenvalue weighted by atomic mass is 31.2. The van der Waals surface area contributed by atoms with Gasteiger partial charge in [0.15, 0.2) is 5.78 Å². The molecule has 4 nitrogen and oxygen atoms in total. The Bertz CT molecular complexity index is 1060. The molecule has 0 amide bonds. The molecule has 31 heavy (non-hydrogen) atoms. The van der Waals surface area contributed by atoms with Crippen molar-refractivity contribution in [2.24, 2.45) is 0 Å². The Hall–Kier alpha value is -3.33. The zero-order valence-electron chi connectivity index (χ0n) is 17.0. The molecule has 0 saturated carbocycles. The lowest BCUT2D eigenvalue weighted by molar-refractivity contribution is 0.361. The largest absolute Gasteiger partial charge is 0.452 e. The van der Waals surface area contributed by atoms with Crippen molar-refractivity contribution in [3.8, 4) is 11.5 Å². The van der Waals surface area contributed by atoms with Crippen molar-refractivity contribution in [3.05, 3.63) is 132 Å². The van der Waals surface area contributed by atoms with E-state index in [2.05, 4.69) is 5.32 Å². The molecule has 1 unspecified atom stereocenters. The normalized spacial score (nSPS) is 12.1. The van der Waals surface area contributed by atoms with Crippen LogP contribution in [0.5, 0.6) is 11.5 Å². The van der Waals surface area contributed by atoms with Gasteiger partial charge in [-0.3, -0.25) is 5.32 Å². The lowest BCUT2D eigenvalue weighted by atomic mass is 10.2. The fraction of sp³-hybridized carbons (Fsp3) is 0.0769. The van der Waals surface area contributed by atoms with Crippen molar-refractivity contribution in [2.75, 3.05) is 0 Å². The standard InChI is InChI=1S/C26H24NO3P/c28-31(29-24-17-9-3-10-18-24,30-25-19-11-4-12-20-25)26(23-15-7-2-8-16-23)27-21-22-13-5-1-6-14-22/h1-20,26-27H,21H2. The fourth-order valence-corrected chi connectivity index (χ4v) is 5.17. The fourth-order valence-electron chi connectivity index (χ4n) is 3.24. The van der Waals surface area contributed by atoms with Gasteiger partial charge in [-0.2, -0.15) is 0 Å². The summed E-state index contributed by atoms with van der Waals surface area (Å²) < 4.78 is 26.5. The van der Waals surface area contributed by atoms with E-state index >= 15 is 0 Å². The molecule has 0 radical (unpaired) electrons. The summed E-state index contributed by atoms with van der Waals surface area (Å²) in [6, 6.07) is 37.9.